The molecule has 0 aliphatic rings. The van der Waals surface area contributed by atoms with Crippen LogP contribution in [0.15, 0.2) is 42.5 Å². The molecule has 2 aromatic carbocycles. The maximum absolute atomic E-state index is 12.6. The number of anilines is 1. The van der Waals surface area contributed by atoms with Crippen LogP contribution in [0.1, 0.15) is 49.2 Å². The summed E-state index contributed by atoms with van der Waals surface area (Å²) >= 11 is 5.52. The molecule has 156 valence electrons. The van der Waals surface area contributed by atoms with E-state index in [1.165, 1.54) is 0 Å². The molecule has 5 heteroatoms. The smallest absolute Gasteiger partial charge is 0.264 e. The summed E-state index contributed by atoms with van der Waals surface area (Å²) in [6.45, 7) is 14.4. The van der Waals surface area contributed by atoms with Crippen molar-refractivity contribution in [3.8, 4) is 5.75 Å². The van der Waals surface area contributed by atoms with Crippen molar-refractivity contribution in [1.29, 1.82) is 0 Å². The Hall–Kier alpha value is -2.40. The molecule has 1 amide bonds. The molecule has 0 bridgehead atoms. The molecule has 0 saturated carbocycles. The Morgan fingerprint density at radius 1 is 1.00 bits per heavy atom. The number of nitrogens with one attached hydrogen (secondary N) is 1. The summed E-state index contributed by atoms with van der Waals surface area (Å²) in [6.07, 6.45) is 0. The van der Waals surface area contributed by atoms with E-state index >= 15 is 0 Å². The number of thiocarbonyl (C=S) groups is 1. The van der Waals surface area contributed by atoms with Gasteiger partial charge in [0.25, 0.3) is 11.1 Å². The van der Waals surface area contributed by atoms with Crippen LogP contribution in [0, 0.1) is 25.7 Å². The maximum atomic E-state index is 12.6. The van der Waals surface area contributed by atoms with E-state index in [-0.39, 0.29) is 5.91 Å². The lowest BCUT2D eigenvalue weighted by Gasteiger charge is -2.28. The van der Waals surface area contributed by atoms with Crippen molar-refractivity contribution in [2.45, 2.75) is 41.5 Å². The van der Waals surface area contributed by atoms with Crippen LogP contribution in [0.25, 0.3) is 0 Å². The molecule has 29 heavy (non-hydrogen) atoms. The fourth-order valence-electron chi connectivity index (χ4n) is 3.03. The molecular formula is C24H32N2O2S. The van der Waals surface area contributed by atoms with Crippen molar-refractivity contribution < 1.29 is 9.53 Å². The van der Waals surface area contributed by atoms with Gasteiger partial charge in [-0.2, -0.15) is 0 Å². The number of nitrogens with zero attached hydrogens (tertiary/aromatic N) is 1. The van der Waals surface area contributed by atoms with Gasteiger partial charge in [-0.1, -0.05) is 39.8 Å². The highest BCUT2D eigenvalue weighted by molar-refractivity contribution is 7.80. The Bertz CT molecular complexity index is 834. The monoisotopic (exact) mass is 412 g/mol. The van der Waals surface area contributed by atoms with Crippen molar-refractivity contribution in [3.63, 3.8) is 0 Å². The fraction of sp³-hybridized carbons (Fsp3) is 0.417. The molecule has 2 rings (SSSR count). The van der Waals surface area contributed by atoms with Crippen molar-refractivity contribution in [3.05, 3.63) is 59.2 Å². The van der Waals surface area contributed by atoms with Crippen LogP contribution in [0.3, 0.4) is 0 Å². The first-order chi connectivity index (χ1) is 13.7. The Morgan fingerprint density at radius 3 is 2.14 bits per heavy atom. The lowest BCUT2D eigenvalue weighted by Crippen LogP contribution is -2.38. The number of amides is 1. The molecule has 0 spiro atoms. The molecule has 0 aromatic heterocycles. The van der Waals surface area contributed by atoms with Crippen molar-refractivity contribution >= 4 is 29.0 Å². The summed E-state index contributed by atoms with van der Waals surface area (Å²) in [5.41, 5.74) is 3.62. The lowest BCUT2D eigenvalue weighted by atomic mass is 10.1. The van der Waals surface area contributed by atoms with Crippen LogP contribution in [-0.4, -0.2) is 29.1 Å². The van der Waals surface area contributed by atoms with E-state index in [1.54, 1.807) is 24.3 Å². The van der Waals surface area contributed by atoms with Crippen LogP contribution < -0.4 is 10.1 Å². The Morgan fingerprint density at radius 2 is 1.59 bits per heavy atom. The van der Waals surface area contributed by atoms with Gasteiger partial charge < -0.3 is 15.0 Å². The molecule has 0 fully saturated rings. The van der Waals surface area contributed by atoms with E-state index < -0.39 is 0 Å². The van der Waals surface area contributed by atoms with Gasteiger partial charge in [-0.15, -0.1) is 0 Å². The van der Waals surface area contributed by atoms with Crippen LogP contribution >= 0.6 is 12.2 Å². The summed E-state index contributed by atoms with van der Waals surface area (Å²) < 4.78 is 5.89. The van der Waals surface area contributed by atoms with Crippen LogP contribution in [0.5, 0.6) is 5.75 Å². The lowest BCUT2D eigenvalue weighted by molar-refractivity contribution is 0.102. The van der Waals surface area contributed by atoms with E-state index in [9.17, 15) is 4.79 Å². The average Bonchev–Trinajstić information content (AvgIpc) is 2.64. The Balaban J connectivity index is 2.04. The second kappa shape index (κ2) is 10.4. The Labute approximate surface area is 180 Å². The zero-order valence-electron chi connectivity index (χ0n) is 18.3. The topological polar surface area (TPSA) is 41.6 Å². The number of benzene rings is 2. The zero-order chi connectivity index (χ0) is 21.6. The van der Waals surface area contributed by atoms with Gasteiger partial charge in [0, 0.05) is 24.3 Å². The summed E-state index contributed by atoms with van der Waals surface area (Å²) in [7, 11) is 0. The molecule has 0 aliphatic heterocycles. The second-order valence-electron chi connectivity index (χ2n) is 8.29. The third-order valence-corrected chi connectivity index (χ3v) is 4.95. The normalized spacial score (nSPS) is 10.9. The minimum atomic E-state index is -0.144. The number of carbonyl (C=O) groups is 1. The Kier molecular flexibility index (Phi) is 8.21. The fourth-order valence-corrected chi connectivity index (χ4v) is 3.27. The molecule has 0 radical (unpaired) electrons. The molecule has 0 aliphatic carbocycles. The number of aryl methyl sites for hydroxylation is 1. The predicted octanol–water partition coefficient (Wildman–Crippen LogP) is 5.83. The van der Waals surface area contributed by atoms with E-state index in [2.05, 4.69) is 37.9 Å². The number of hydrogen-bond acceptors (Lipinski definition) is 3. The molecule has 1 N–H and O–H groups in total. The highest BCUT2D eigenvalue weighted by Crippen LogP contribution is 2.20. The summed E-state index contributed by atoms with van der Waals surface area (Å²) in [5, 5.41) is 3.45. The van der Waals surface area contributed by atoms with Gasteiger partial charge in [-0.05, 0) is 79.4 Å². The first-order valence-corrected chi connectivity index (χ1v) is 10.5. The number of ether oxygens (including phenoxy) is 1. The van der Waals surface area contributed by atoms with Gasteiger partial charge in [-0.3, -0.25) is 4.79 Å². The first kappa shape index (κ1) is 22.9. The molecular weight excluding hydrogens is 380 g/mol. The summed E-state index contributed by atoms with van der Waals surface area (Å²) in [5.74, 6) is 1.47. The third kappa shape index (κ3) is 6.86. The van der Waals surface area contributed by atoms with E-state index in [0.717, 1.165) is 29.9 Å². The molecule has 0 atom stereocenters. The van der Waals surface area contributed by atoms with E-state index in [4.69, 9.17) is 17.0 Å². The van der Waals surface area contributed by atoms with Crippen molar-refractivity contribution in [2.75, 3.05) is 18.4 Å². The number of hydrogen-bond donors (Lipinski definition) is 1. The van der Waals surface area contributed by atoms with Gasteiger partial charge in [0.2, 0.25) is 0 Å². The molecule has 4 nitrogen and oxygen atoms in total. The highest BCUT2D eigenvalue weighted by atomic mass is 32.1. The highest BCUT2D eigenvalue weighted by Gasteiger charge is 2.15. The van der Waals surface area contributed by atoms with Gasteiger partial charge in [0.1, 0.15) is 5.75 Å². The molecule has 0 heterocycles. The quantitative estimate of drug-likeness (QED) is 0.581. The summed E-state index contributed by atoms with van der Waals surface area (Å²) in [4.78, 5) is 14.7. The van der Waals surface area contributed by atoms with Gasteiger partial charge in [0.05, 0.1) is 0 Å². The summed E-state index contributed by atoms with van der Waals surface area (Å²) in [6, 6.07) is 13.0. The SMILES string of the molecule is Cc1cccc(NC(=O)c2ccc(OC(=S)N(CC(C)C)CC(C)C)cc2)c1C. The largest absolute Gasteiger partial charge is 0.432 e. The molecule has 2 aromatic rings. The predicted molar refractivity (Wildman–Crippen MR) is 125 cm³/mol. The maximum Gasteiger partial charge on any atom is 0.264 e. The number of carbonyl (C=O) groups excluding carboxylic acids is 1. The van der Waals surface area contributed by atoms with Crippen LogP contribution in [0.2, 0.25) is 0 Å². The average molecular weight is 413 g/mol. The van der Waals surface area contributed by atoms with Crippen molar-refractivity contribution in [2.24, 2.45) is 11.8 Å². The van der Waals surface area contributed by atoms with E-state index in [1.807, 2.05) is 32.0 Å². The van der Waals surface area contributed by atoms with Gasteiger partial charge in [-0.25, -0.2) is 0 Å². The first-order valence-electron chi connectivity index (χ1n) is 10.1. The number of rotatable bonds is 7. The zero-order valence-corrected chi connectivity index (χ0v) is 19.1. The molecule has 0 saturated heterocycles. The van der Waals surface area contributed by atoms with Crippen LogP contribution in [-0.2, 0) is 0 Å². The van der Waals surface area contributed by atoms with E-state index in [0.29, 0.717) is 28.3 Å². The minimum Gasteiger partial charge on any atom is -0.432 e. The molecule has 0 unspecified atom stereocenters. The van der Waals surface area contributed by atoms with Crippen molar-refractivity contribution in [1.82, 2.24) is 4.90 Å². The van der Waals surface area contributed by atoms with Gasteiger partial charge in [0.15, 0.2) is 0 Å². The standard InChI is InChI=1S/C24H32N2O2S/c1-16(2)14-26(15-17(3)4)24(29)28-21-12-10-20(11-13-21)23(27)25-22-9-7-8-18(5)19(22)6/h7-13,16-17H,14-15H2,1-6H3,(H,25,27). The van der Waals surface area contributed by atoms with Crippen LogP contribution in [0.4, 0.5) is 5.69 Å². The minimum absolute atomic E-state index is 0.144. The second-order valence-corrected chi connectivity index (χ2v) is 8.64. The third-order valence-electron chi connectivity index (χ3n) is 4.60. The van der Waals surface area contributed by atoms with Gasteiger partial charge >= 0.3 is 0 Å².